The van der Waals surface area contributed by atoms with Crippen molar-refractivity contribution in [2.75, 3.05) is 0 Å². The highest BCUT2D eigenvalue weighted by molar-refractivity contribution is 4.86. The standard InChI is InChI=1S/C12H23N/c1-12(2)8-6-11(7-9-12)13-10-4-3-5-10/h10-11,13H,3-9H2,1-2H3. The Morgan fingerprint density at radius 2 is 1.46 bits per heavy atom. The number of hydrogen-bond acceptors (Lipinski definition) is 1. The van der Waals surface area contributed by atoms with E-state index in [1.165, 1.54) is 44.9 Å². The SMILES string of the molecule is CC1(C)CCC(NC2CCC2)CC1. The Morgan fingerprint density at radius 1 is 0.923 bits per heavy atom. The van der Waals surface area contributed by atoms with Crippen LogP contribution in [-0.2, 0) is 0 Å². The first-order valence-electron chi connectivity index (χ1n) is 5.92. The Labute approximate surface area is 82.3 Å². The first-order chi connectivity index (χ1) is 6.16. The van der Waals surface area contributed by atoms with Crippen molar-refractivity contribution in [3.63, 3.8) is 0 Å². The van der Waals surface area contributed by atoms with Gasteiger partial charge in [-0.1, -0.05) is 20.3 Å². The minimum Gasteiger partial charge on any atom is -0.311 e. The Bertz CT molecular complexity index is 160. The van der Waals surface area contributed by atoms with Gasteiger partial charge >= 0.3 is 0 Å². The minimum atomic E-state index is 0.623. The van der Waals surface area contributed by atoms with Crippen molar-refractivity contribution in [2.45, 2.75) is 70.9 Å². The number of hydrogen-bond donors (Lipinski definition) is 1. The Hall–Kier alpha value is -0.0400. The molecule has 0 unspecified atom stereocenters. The van der Waals surface area contributed by atoms with E-state index in [-0.39, 0.29) is 0 Å². The van der Waals surface area contributed by atoms with Crippen molar-refractivity contribution in [1.29, 1.82) is 0 Å². The minimum absolute atomic E-state index is 0.623. The van der Waals surface area contributed by atoms with Crippen LogP contribution in [0.25, 0.3) is 0 Å². The lowest BCUT2D eigenvalue weighted by molar-refractivity contribution is 0.182. The van der Waals surface area contributed by atoms with Crippen LogP contribution in [0.2, 0.25) is 0 Å². The molecule has 0 heterocycles. The molecule has 0 aromatic carbocycles. The van der Waals surface area contributed by atoms with E-state index in [1.54, 1.807) is 0 Å². The third-order valence-corrected chi connectivity index (χ3v) is 3.92. The second-order valence-electron chi connectivity index (χ2n) is 5.73. The Balaban J connectivity index is 1.71. The summed E-state index contributed by atoms with van der Waals surface area (Å²) in [6, 6.07) is 1.73. The summed E-state index contributed by atoms with van der Waals surface area (Å²) in [6.45, 7) is 4.82. The van der Waals surface area contributed by atoms with Gasteiger partial charge in [0.05, 0.1) is 0 Å². The fraction of sp³-hybridized carbons (Fsp3) is 1.00. The van der Waals surface area contributed by atoms with Crippen molar-refractivity contribution in [3.8, 4) is 0 Å². The summed E-state index contributed by atoms with van der Waals surface area (Å²) in [5.41, 5.74) is 0.623. The molecule has 2 saturated carbocycles. The average Bonchev–Trinajstić information content (AvgIpc) is 1.99. The first kappa shape index (κ1) is 9.51. The van der Waals surface area contributed by atoms with Crippen molar-refractivity contribution >= 4 is 0 Å². The molecular weight excluding hydrogens is 158 g/mol. The molecule has 2 aliphatic carbocycles. The van der Waals surface area contributed by atoms with Gasteiger partial charge in [-0.15, -0.1) is 0 Å². The van der Waals surface area contributed by atoms with E-state index >= 15 is 0 Å². The fourth-order valence-corrected chi connectivity index (χ4v) is 2.47. The van der Waals surface area contributed by atoms with Crippen LogP contribution in [0.15, 0.2) is 0 Å². The zero-order valence-electron chi connectivity index (χ0n) is 9.10. The maximum absolute atomic E-state index is 3.79. The monoisotopic (exact) mass is 181 g/mol. The van der Waals surface area contributed by atoms with Crippen molar-refractivity contribution in [3.05, 3.63) is 0 Å². The molecule has 2 aliphatic rings. The fourth-order valence-electron chi connectivity index (χ4n) is 2.47. The second-order valence-corrected chi connectivity index (χ2v) is 5.73. The highest BCUT2D eigenvalue weighted by Gasteiger charge is 2.28. The molecule has 0 atom stereocenters. The summed E-state index contributed by atoms with van der Waals surface area (Å²) in [4.78, 5) is 0. The molecule has 0 aromatic rings. The van der Waals surface area contributed by atoms with E-state index in [0.717, 1.165) is 12.1 Å². The first-order valence-corrected chi connectivity index (χ1v) is 5.92. The van der Waals surface area contributed by atoms with Gasteiger partial charge in [0.1, 0.15) is 0 Å². The van der Waals surface area contributed by atoms with Gasteiger partial charge in [-0.25, -0.2) is 0 Å². The van der Waals surface area contributed by atoms with Crippen LogP contribution >= 0.6 is 0 Å². The van der Waals surface area contributed by atoms with E-state index < -0.39 is 0 Å². The largest absolute Gasteiger partial charge is 0.311 e. The molecule has 0 aromatic heterocycles. The van der Waals surface area contributed by atoms with Crippen LogP contribution in [0.5, 0.6) is 0 Å². The molecule has 0 amide bonds. The van der Waals surface area contributed by atoms with E-state index in [4.69, 9.17) is 0 Å². The topological polar surface area (TPSA) is 12.0 Å². The van der Waals surface area contributed by atoms with Crippen LogP contribution < -0.4 is 5.32 Å². The maximum Gasteiger partial charge on any atom is 0.00700 e. The summed E-state index contributed by atoms with van der Waals surface area (Å²) in [6.07, 6.45) is 9.96. The van der Waals surface area contributed by atoms with Crippen molar-refractivity contribution in [1.82, 2.24) is 5.32 Å². The predicted octanol–water partition coefficient (Wildman–Crippen LogP) is 3.10. The summed E-state index contributed by atoms with van der Waals surface area (Å²) in [5.74, 6) is 0. The van der Waals surface area contributed by atoms with Gasteiger partial charge < -0.3 is 5.32 Å². The van der Waals surface area contributed by atoms with E-state index in [2.05, 4.69) is 19.2 Å². The normalized spacial score (nSPS) is 30.0. The molecule has 2 rings (SSSR count). The van der Waals surface area contributed by atoms with Crippen LogP contribution in [0, 0.1) is 5.41 Å². The summed E-state index contributed by atoms with van der Waals surface area (Å²) in [7, 11) is 0. The summed E-state index contributed by atoms with van der Waals surface area (Å²) >= 11 is 0. The van der Waals surface area contributed by atoms with Gasteiger partial charge in [0.25, 0.3) is 0 Å². The molecule has 1 heteroatoms. The highest BCUT2D eigenvalue weighted by atomic mass is 15.0. The third kappa shape index (κ3) is 2.46. The second kappa shape index (κ2) is 3.61. The van der Waals surface area contributed by atoms with Gasteiger partial charge in [0.15, 0.2) is 0 Å². The van der Waals surface area contributed by atoms with Gasteiger partial charge in [-0.3, -0.25) is 0 Å². The molecule has 0 aliphatic heterocycles. The van der Waals surface area contributed by atoms with Crippen molar-refractivity contribution in [2.24, 2.45) is 5.41 Å². The third-order valence-electron chi connectivity index (χ3n) is 3.92. The zero-order chi connectivity index (χ0) is 9.31. The lowest BCUT2D eigenvalue weighted by Gasteiger charge is -2.38. The molecule has 0 saturated heterocycles. The van der Waals surface area contributed by atoms with Crippen molar-refractivity contribution < 1.29 is 0 Å². The molecule has 1 nitrogen and oxygen atoms in total. The van der Waals surface area contributed by atoms with Gasteiger partial charge in [-0.2, -0.15) is 0 Å². The van der Waals surface area contributed by atoms with E-state index in [1.807, 2.05) is 0 Å². The molecule has 76 valence electrons. The smallest absolute Gasteiger partial charge is 0.00700 e. The molecule has 0 bridgehead atoms. The van der Waals surface area contributed by atoms with E-state index in [9.17, 15) is 0 Å². The number of rotatable bonds is 2. The van der Waals surface area contributed by atoms with Crippen LogP contribution in [-0.4, -0.2) is 12.1 Å². The molecular formula is C12H23N. The van der Waals surface area contributed by atoms with Gasteiger partial charge in [0.2, 0.25) is 0 Å². The average molecular weight is 181 g/mol. The lowest BCUT2D eigenvalue weighted by atomic mass is 9.75. The predicted molar refractivity (Wildman–Crippen MR) is 56.8 cm³/mol. The molecule has 0 spiro atoms. The molecule has 1 N–H and O–H groups in total. The van der Waals surface area contributed by atoms with Gasteiger partial charge in [-0.05, 0) is 43.9 Å². The Morgan fingerprint density at radius 3 is 1.92 bits per heavy atom. The molecule has 2 fully saturated rings. The number of nitrogens with one attached hydrogen (secondary N) is 1. The quantitative estimate of drug-likeness (QED) is 0.690. The van der Waals surface area contributed by atoms with E-state index in [0.29, 0.717) is 5.41 Å². The zero-order valence-corrected chi connectivity index (χ0v) is 9.10. The van der Waals surface area contributed by atoms with Crippen LogP contribution in [0.4, 0.5) is 0 Å². The summed E-state index contributed by atoms with van der Waals surface area (Å²) in [5, 5.41) is 3.79. The maximum atomic E-state index is 3.79. The highest BCUT2D eigenvalue weighted by Crippen LogP contribution is 2.35. The van der Waals surface area contributed by atoms with Gasteiger partial charge in [0, 0.05) is 12.1 Å². The van der Waals surface area contributed by atoms with Crippen LogP contribution in [0.1, 0.15) is 58.8 Å². The lowest BCUT2D eigenvalue weighted by Crippen LogP contribution is -2.44. The molecule has 0 radical (unpaired) electrons. The van der Waals surface area contributed by atoms with Crippen LogP contribution in [0.3, 0.4) is 0 Å². The molecule has 13 heavy (non-hydrogen) atoms. The summed E-state index contributed by atoms with van der Waals surface area (Å²) < 4.78 is 0. The Kier molecular flexibility index (Phi) is 2.64.